The van der Waals surface area contributed by atoms with Gasteiger partial charge in [-0.25, -0.2) is 19.1 Å². The SMILES string of the molecule is CCN(C(=O)NC)c1ccc2cccc(Cc3cn(C(=O)OC(C)(C)C)cn3)c2c1. The molecule has 0 aliphatic rings. The second-order valence-corrected chi connectivity index (χ2v) is 8.05. The first-order chi connectivity index (χ1) is 14.2. The number of hydrogen-bond acceptors (Lipinski definition) is 4. The maximum absolute atomic E-state index is 12.2. The number of rotatable bonds is 4. The minimum Gasteiger partial charge on any atom is -0.443 e. The molecule has 3 rings (SSSR count). The molecule has 0 aliphatic carbocycles. The quantitative estimate of drug-likeness (QED) is 0.686. The fourth-order valence-corrected chi connectivity index (χ4v) is 3.29. The standard InChI is InChI=1S/C23H28N4O3/c1-6-27(21(28)24-5)19-11-10-16-8-7-9-17(20(16)13-19)12-18-14-26(15-25-18)22(29)30-23(2,3)4/h7-11,13-15H,6,12H2,1-5H3,(H,24,28). The van der Waals surface area contributed by atoms with Crippen LogP contribution in [0.1, 0.15) is 39.0 Å². The summed E-state index contributed by atoms with van der Waals surface area (Å²) >= 11 is 0. The number of anilines is 1. The highest BCUT2D eigenvalue weighted by Crippen LogP contribution is 2.26. The first-order valence-electron chi connectivity index (χ1n) is 9.99. The molecule has 0 aliphatic heterocycles. The van der Waals surface area contributed by atoms with Crippen LogP contribution in [-0.4, -0.2) is 40.9 Å². The van der Waals surface area contributed by atoms with Crippen LogP contribution in [0.3, 0.4) is 0 Å². The first kappa shape index (κ1) is 21.4. The monoisotopic (exact) mass is 408 g/mol. The Morgan fingerprint density at radius 2 is 1.97 bits per heavy atom. The number of carbonyl (C=O) groups excluding carboxylic acids is 2. The number of urea groups is 1. The van der Waals surface area contributed by atoms with Gasteiger partial charge in [-0.1, -0.05) is 24.3 Å². The van der Waals surface area contributed by atoms with Crippen LogP contribution < -0.4 is 10.2 Å². The van der Waals surface area contributed by atoms with Crippen LogP contribution in [0.25, 0.3) is 10.8 Å². The lowest BCUT2D eigenvalue weighted by Crippen LogP contribution is -2.37. The molecular weight excluding hydrogens is 380 g/mol. The summed E-state index contributed by atoms with van der Waals surface area (Å²) in [6.45, 7) is 7.99. The Bertz CT molecular complexity index is 1070. The predicted molar refractivity (Wildman–Crippen MR) is 118 cm³/mol. The van der Waals surface area contributed by atoms with E-state index in [4.69, 9.17) is 4.74 Å². The van der Waals surface area contributed by atoms with Gasteiger partial charge in [-0.15, -0.1) is 0 Å². The Morgan fingerprint density at radius 3 is 2.63 bits per heavy atom. The molecule has 30 heavy (non-hydrogen) atoms. The number of ether oxygens (including phenoxy) is 1. The van der Waals surface area contributed by atoms with E-state index < -0.39 is 11.7 Å². The van der Waals surface area contributed by atoms with Crippen molar-refractivity contribution >= 4 is 28.6 Å². The van der Waals surface area contributed by atoms with Crippen LogP contribution >= 0.6 is 0 Å². The molecule has 2 aromatic carbocycles. The van der Waals surface area contributed by atoms with E-state index in [2.05, 4.69) is 10.3 Å². The number of amides is 2. The molecule has 0 saturated heterocycles. The third-order valence-electron chi connectivity index (χ3n) is 4.65. The lowest BCUT2D eigenvalue weighted by molar-refractivity contribution is 0.0536. The van der Waals surface area contributed by atoms with E-state index in [1.807, 2.05) is 64.1 Å². The molecule has 0 unspecified atom stereocenters. The van der Waals surface area contributed by atoms with Gasteiger partial charge in [0.25, 0.3) is 0 Å². The van der Waals surface area contributed by atoms with Crippen molar-refractivity contribution < 1.29 is 14.3 Å². The number of benzene rings is 2. The third kappa shape index (κ3) is 4.79. The lowest BCUT2D eigenvalue weighted by atomic mass is 10.0. The van der Waals surface area contributed by atoms with E-state index in [1.54, 1.807) is 18.1 Å². The van der Waals surface area contributed by atoms with E-state index in [0.29, 0.717) is 13.0 Å². The van der Waals surface area contributed by atoms with Gasteiger partial charge in [0.05, 0.1) is 5.69 Å². The summed E-state index contributed by atoms with van der Waals surface area (Å²) in [5.74, 6) is 0. The second-order valence-electron chi connectivity index (χ2n) is 8.05. The van der Waals surface area contributed by atoms with Crippen molar-refractivity contribution in [3.05, 3.63) is 60.2 Å². The number of nitrogens with zero attached hydrogens (tertiary/aromatic N) is 3. The lowest BCUT2D eigenvalue weighted by Gasteiger charge is -2.21. The van der Waals surface area contributed by atoms with Crippen LogP contribution in [0.15, 0.2) is 48.9 Å². The van der Waals surface area contributed by atoms with E-state index in [9.17, 15) is 9.59 Å². The summed E-state index contributed by atoms with van der Waals surface area (Å²) in [6.07, 6.45) is 3.28. The van der Waals surface area contributed by atoms with Crippen molar-refractivity contribution in [2.24, 2.45) is 0 Å². The van der Waals surface area contributed by atoms with Crippen molar-refractivity contribution in [3.63, 3.8) is 0 Å². The Kier molecular flexibility index (Phi) is 6.10. The topological polar surface area (TPSA) is 76.5 Å². The van der Waals surface area contributed by atoms with Gasteiger partial charge >= 0.3 is 12.1 Å². The Morgan fingerprint density at radius 1 is 1.20 bits per heavy atom. The average molecular weight is 409 g/mol. The van der Waals surface area contributed by atoms with Crippen LogP contribution in [0.4, 0.5) is 15.3 Å². The Hall–Kier alpha value is -3.35. The van der Waals surface area contributed by atoms with Crippen molar-refractivity contribution in [2.75, 3.05) is 18.5 Å². The Balaban J connectivity index is 1.90. The van der Waals surface area contributed by atoms with Crippen molar-refractivity contribution in [2.45, 2.75) is 39.7 Å². The van der Waals surface area contributed by atoms with Gasteiger partial charge in [-0.05, 0) is 56.2 Å². The molecule has 1 aromatic heterocycles. The van der Waals surface area contributed by atoms with Gasteiger partial charge in [0.1, 0.15) is 11.9 Å². The molecule has 1 heterocycles. The van der Waals surface area contributed by atoms with Gasteiger partial charge in [-0.3, -0.25) is 4.90 Å². The fraction of sp³-hybridized carbons (Fsp3) is 0.348. The zero-order chi connectivity index (χ0) is 21.9. The minimum absolute atomic E-state index is 0.148. The molecule has 3 aromatic rings. The van der Waals surface area contributed by atoms with Crippen molar-refractivity contribution in [3.8, 4) is 0 Å². The number of carbonyl (C=O) groups is 2. The Labute approximate surface area is 176 Å². The number of aromatic nitrogens is 2. The normalized spacial score (nSPS) is 11.4. The molecule has 0 fully saturated rings. The molecule has 7 nitrogen and oxygen atoms in total. The predicted octanol–water partition coefficient (Wildman–Crippen LogP) is 4.58. The molecule has 0 spiro atoms. The van der Waals surface area contributed by atoms with E-state index in [0.717, 1.165) is 27.7 Å². The highest BCUT2D eigenvalue weighted by atomic mass is 16.6. The third-order valence-corrected chi connectivity index (χ3v) is 4.65. The van der Waals surface area contributed by atoms with Crippen LogP contribution in [-0.2, 0) is 11.2 Å². The zero-order valence-corrected chi connectivity index (χ0v) is 18.1. The van der Waals surface area contributed by atoms with Crippen LogP contribution in [0.2, 0.25) is 0 Å². The van der Waals surface area contributed by atoms with Crippen molar-refractivity contribution in [1.29, 1.82) is 0 Å². The molecule has 1 N–H and O–H groups in total. The maximum atomic E-state index is 12.2. The molecule has 2 amide bonds. The zero-order valence-electron chi connectivity index (χ0n) is 18.1. The smallest absolute Gasteiger partial charge is 0.419 e. The minimum atomic E-state index is -0.566. The number of imidazole rings is 1. The molecule has 158 valence electrons. The van der Waals surface area contributed by atoms with E-state index in [-0.39, 0.29) is 6.03 Å². The van der Waals surface area contributed by atoms with Gasteiger partial charge in [0.15, 0.2) is 0 Å². The van der Waals surface area contributed by atoms with E-state index in [1.165, 1.54) is 10.9 Å². The van der Waals surface area contributed by atoms with Gasteiger partial charge in [-0.2, -0.15) is 0 Å². The molecule has 0 atom stereocenters. The molecule has 0 bridgehead atoms. The number of nitrogens with one attached hydrogen (secondary N) is 1. The second kappa shape index (κ2) is 8.57. The first-order valence-corrected chi connectivity index (χ1v) is 9.99. The fourth-order valence-electron chi connectivity index (χ4n) is 3.29. The van der Waals surface area contributed by atoms with Crippen molar-refractivity contribution in [1.82, 2.24) is 14.9 Å². The summed E-state index contributed by atoms with van der Waals surface area (Å²) in [6, 6.07) is 11.9. The number of hydrogen-bond donors (Lipinski definition) is 1. The highest BCUT2D eigenvalue weighted by Gasteiger charge is 2.18. The molecule has 0 saturated carbocycles. The molecule has 0 radical (unpaired) electrons. The summed E-state index contributed by atoms with van der Waals surface area (Å²) < 4.78 is 6.75. The van der Waals surface area contributed by atoms with Gasteiger partial charge < -0.3 is 10.1 Å². The summed E-state index contributed by atoms with van der Waals surface area (Å²) in [5, 5.41) is 4.80. The summed E-state index contributed by atoms with van der Waals surface area (Å²) in [5.41, 5.74) is 2.09. The van der Waals surface area contributed by atoms with Crippen LogP contribution in [0.5, 0.6) is 0 Å². The highest BCUT2D eigenvalue weighted by molar-refractivity contribution is 5.96. The van der Waals surface area contributed by atoms with Crippen LogP contribution in [0, 0.1) is 0 Å². The van der Waals surface area contributed by atoms with Gasteiger partial charge in [0.2, 0.25) is 0 Å². The maximum Gasteiger partial charge on any atom is 0.419 e. The summed E-state index contributed by atoms with van der Waals surface area (Å²) in [4.78, 5) is 30.5. The van der Waals surface area contributed by atoms with E-state index >= 15 is 0 Å². The largest absolute Gasteiger partial charge is 0.443 e. The van der Waals surface area contributed by atoms with Gasteiger partial charge in [0, 0.05) is 31.9 Å². The summed E-state index contributed by atoms with van der Waals surface area (Å²) in [7, 11) is 1.62. The molecular formula is C23H28N4O3. The average Bonchev–Trinajstić information content (AvgIpc) is 3.16. The molecule has 7 heteroatoms. The number of fused-ring (bicyclic) bond motifs is 1.